The number of anilines is 1. The van der Waals surface area contributed by atoms with E-state index >= 15 is 0 Å². The van der Waals surface area contributed by atoms with Crippen molar-refractivity contribution in [3.8, 4) is 23.0 Å². The van der Waals surface area contributed by atoms with Crippen LogP contribution < -0.4 is 25.4 Å². The molecule has 3 aromatic carbocycles. The molecule has 0 saturated heterocycles. The van der Waals surface area contributed by atoms with Crippen molar-refractivity contribution in [3.63, 3.8) is 0 Å². The maximum Gasteiger partial charge on any atom is 0.143 e. The minimum atomic E-state index is 0.0632. The van der Waals surface area contributed by atoms with E-state index in [0.717, 1.165) is 101 Å². The monoisotopic (exact) mass is 576 g/mol. The molecular formula is C34H48N4O4. The van der Waals surface area contributed by atoms with Crippen molar-refractivity contribution in [3.05, 3.63) is 71.8 Å². The number of nitrogens with zero attached hydrogens (tertiary/aromatic N) is 1. The molecule has 5 N–H and O–H groups in total. The van der Waals surface area contributed by atoms with Gasteiger partial charge in [-0.05, 0) is 57.3 Å². The van der Waals surface area contributed by atoms with Crippen molar-refractivity contribution in [2.45, 2.75) is 64.5 Å². The van der Waals surface area contributed by atoms with Crippen LogP contribution >= 0.6 is 0 Å². The zero-order chi connectivity index (χ0) is 29.8. The number of methoxy groups -OCH3 is 2. The fraction of sp³-hybridized carbons (Fsp3) is 0.441. The molecule has 8 nitrogen and oxygen atoms in total. The van der Waals surface area contributed by atoms with Gasteiger partial charge in [0.2, 0.25) is 0 Å². The van der Waals surface area contributed by atoms with Gasteiger partial charge in [0, 0.05) is 49.1 Å². The lowest BCUT2D eigenvalue weighted by atomic mass is 10.1. The molecule has 0 aliphatic carbocycles. The highest BCUT2D eigenvalue weighted by Gasteiger charge is 2.08. The second-order valence-corrected chi connectivity index (χ2v) is 10.3. The lowest BCUT2D eigenvalue weighted by Gasteiger charge is -2.11. The van der Waals surface area contributed by atoms with Crippen LogP contribution in [0.1, 0.15) is 62.5 Å². The molecule has 0 atom stereocenters. The smallest absolute Gasteiger partial charge is 0.143 e. The molecule has 0 spiro atoms. The van der Waals surface area contributed by atoms with Gasteiger partial charge < -0.3 is 35.6 Å². The lowest BCUT2D eigenvalue weighted by molar-refractivity contribution is 0.407. The Bertz CT molecular complexity index is 1220. The summed E-state index contributed by atoms with van der Waals surface area (Å²) in [5.74, 6) is 1.99. The van der Waals surface area contributed by atoms with Crippen molar-refractivity contribution in [2.24, 2.45) is 4.99 Å². The van der Waals surface area contributed by atoms with Crippen LogP contribution in [-0.2, 0) is 13.1 Å². The molecule has 8 heteroatoms. The molecule has 3 rings (SSSR count). The van der Waals surface area contributed by atoms with Crippen molar-refractivity contribution < 1.29 is 19.7 Å². The number of aliphatic imine (C=N–C) groups is 1. The summed E-state index contributed by atoms with van der Waals surface area (Å²) in [6, 6.07) is 19.2. The summed E-state index contributed by atoms with van der Waals surface area (Å²) >= 11 is 0. The highest BCUT2D eigenvalue weighted by molar-refractivity contribution is 5.72. The number of aromatic hydroxyl groups is 2. The molecule has 0 radical (unpaired) electrons. The highest BCUT2D eigenvalue weighted by atomic mass is 16.5. The van der Waals surface area contributed by atoms with Crippen LogP contribution in [0.25, 0.3) is 0 Å². The Balaban J connectivity index is 1.22. The Morgan fingerprint density at radius 2 is 1.21 bits per heavy atom. The minimum absolute atomic E-state index is 0.0632. The molecule has 0 aliphatic rings. The molecule has 0 bridgehead atoms. The average Bonchev–Trinajstić information content (AvgIpc) is 3.01. The van der Waals surface area contributed by atoms with Gasteiger partial charge in [0.05, 0.1) is 19.9 Å². The standard InChI is InChI=1S/C34H48N4O4/c1-41-33-17-9-7-15-27(33)25-35-19-11-3-5-13-21-37-29-23-32(40)30(24-31(29)39)38-22-14-6-4-12-20-36-26-28-16-8-10-18-34(28)42-2/h7-10,15-18,21,23-24,35-36,38-40H,3-6,11-14,19-20,22,25-26H2,1-2H3. The Morgan fingerprint density at radius 3 is 1.81 bits per heavy atom. The van der Waals surface area contributed by atoms with Crippen LogP contribution in [0.15, 0.2) is 65.7 Å². The molecular weight excluding hydrogens is 528 g/mol. The first-order valence-electron chi connectivity index (χ1n) is 15.1. The number of rotatable bonds is 21. The fourth-order valence-corrected chi connectivity index (χ4v) is 4.73. The summed E-state index contributed by atoms with van der Waals surface area (Å²) in [4.78, 5) is 4.37. The number of phenolic OH excluding ortho intramolecular Hbond substituents is 2. The first-order valence-corrected chi connectivity index (χ1v) is 15.1. The van der Waals surface area contributed by atoms with Gasteiger partial charge in [0.25, 0.3) is 0 Å². The summed E-state index contributed by atoms with van der Waals surface area (Å²) in [7, 11) is 3.40. The topological polar surface area (TPSA) is 107 Å². The van der Waals surface area contributed by atoms with Gasteiger partial charge in [-0.1, -0.05) is 55.7 Å². The molecule has 0 aliphatic heterocycles. The van der Waals surface area contributed by atoms with E-state index in [1.165, 1.54) is 11.6 Å². The number of ether oxygens (including phenoxy) is 2. The third-order valence-corrected chi connectivity index (χ3v) is 7.12. The van der Waals surface area contributed by atoms with E-state index in [0.29, 0.717) is 11.4 Å². The van der Waals surface area contributed by atoms with Gasteiger partial charge in [-0.25, -0.2) is 0 Å². The highest BCUT2D eigenvalue weighted by Crippen LogP contribution is 2.36. The van der Waals surface area contributed by atoms with E-state index in [1.54, 1.807) is 20.3 Å². The van der Waals surface area contributed by atoms with Crippen molar-refractivity contribution >= 4 is 17.6 Å². The SMILES string of the molecule is COc1ccccc1CNCCCCCC=Nc1cc(O)c(NCCCCCCNCc2ccccc2OC)cc1O. The van der Waals surface area contributed by atoms with Crippen molar-refractivity contribution in [1.82, 2.24) is 10.6 Å². The molecule has 0 amide bonds. The minimum Gasteiger partial charge on any atom is -0.506 e. The largest absolute Gasteiger partial charge is 0.506 e. The predicted molar refractivity (Wildman–Crippen MR) is 173 cm³/mol. The quantitative estimate of drug-likeness (QED) is 0.0405. The van der Waals surface area contributed by atoms with Crippen LogP contribution in [-0.4, -0.2) is 50.3 Å². The maximum absolute atomic E-state index is 10.4. The van der Waals surface area contributed by atoms with E-state index < -0.39 is 0 Å². The second-order valence-electron chi connectivity index (χ2n) is 10.3. The number of para-hydroxylation sites is 2. The van der Waals surface area contributed by atoms with Gasteiger partial charge in [-0.3, -0.25) is 4.99 Å². The van der Waals surface area contributed by atoms with E-state index in [-0.39, 0.29) is 11.5 Å². The van der Waals surface area contributed by atoms with Crippen LogP contribution in [0, 0.1) is 0 Å². The fourth-order valence-electron chi connectivity index (χ4n) is 4.73. The average molecular weight is 577 g/mol. The molecule has 0 fully saturated rings. The van der Waals surface area contributed by atoms with E-state index in [2.05, 4.69) is 33.1 Å². The Kier molecular flexibility index (Phi) is 15.1. The number of hydrogen-bond donors (Lipinski definition) is 5. The molecule has 3 aromatic rings. The number of unbranched alkanes of at least 4 members (excludes halogenated alkanes) is 6. The summed E-state index contributed by atoms with van der Waals surface area (Å²) in [6.07, 6.45) is 10.1. The Hall–Kier alpha value is -3.75. The number of nitrogens with one attached hydrogen (secondary N) is 3. The second kappa shape index (κ2) is 19.4. The Morgan fingerprint density at radius 1 is 0.667 bits per heavy atom. The maximum atomic E-state index is 10.4. The van der Waals surface area contributed by atoms with Crippen LogP contribution in [0.4, 0.5) is 11.4 Å². The number of benzene rings is 3. The van der Waals surface area contributed by atoms with Crippen molar-refractivity contribution in [2.75, 3.05) is 39.2 Å². The predicted octanol–water partition coefficient (Wildman–Crippen LogP) is 6.93. The van der Waals surface area contributed by atoms with Crippen LogP contribution in [0.2, 0.25) is 0 Å². The molecule has 42 heavy (non-hydrogen) atoms. The van der Waals surface area contributed by atoms with Gasteiger partial charge in [-0.2, -0.15) is 0 Å². The number of hydrogen-bond acceptors (Lipinski definition) is 8. The van der Waals surface area contributed by atoms with E-state index in [4.69, 9.17) is 9.47 Å². The lowest BCUT2D eigenvalue weighted by Crippen LogP contribution is -2.15. The van der Waals surface area contributed by atoms with Gasteiger partial charge >= 0.3 is 0 Å². The number of phenols is 2. The molecule has 0 heterocycles. The van der Waals surface area contributed by atoms with E-state index in [1.807, 2.05) is 42.6 Å². The molecule has 228 valence electrons. The van der Waals surface area contributed by atoms with Gasteiger partial charge in [0.15, 0.2) is 0 Å². The first-order chi connectivity index (χ1) is 20.6. The molecule has 0 saturated carbocycles. The Labute approximate surface area is 251 Å². The summed E-state index contributed by atoms with van der Waals surface area (Å²) in [5.41, 5.74) is 3.25. The van der Waals surface area contributed by atoms with Gasteiger partial charge in [-0.15, -0.1) is 0 Å². The van der Waals surface area contributed by atoms with E-state index in [9.17, 15) is 10.2 Å². The van der Waals surface area contributed by atoms with Gasteiger partial charge in [0.1, 0.15) is 28.7 Å². The molecule has 0 aromatic heterocycles. The summed E-state index contributed by atoms with van der Waals surface area (Å²) < 4.78 is 10.8. The summed E-state index contributed by atoms with van der Waals surface area (Å²) in [6.45, 7) is 4.24. The van der Waals surface area contributed by atoms with Crippen molar-refractivity contribution in [1.29, 1.82) is 0 Å². The normalized spacial score (nSPS) is 11.2. The zero-order valence-corrected chi connectivity index (χ0v) is 25.2. The summed E-state index contributed by atoms with van der Waals surface area (Å²) in [5, 5.41) is 31.0. The molecule has 0 unspecified atom stereocenters. The third-order valence-electron chi connectivity index (χ3n) is 7.12. The first kappa shape index (κ1) is 32.8. The third kappa shape index (κ3) is 11.6. The zero-order valence-electron chi connectivity index (χ0n) is 25.2. The van der Waals surface area contributed by atoms with Crippen LogP contribution in [0.3, 0.4) is 0 Å². The van der Waals surface area contributed by atoms with Crippen LogP contribution in [0.5, 0.6) is 23.0 Å².